The molecule has 0 bridgehead atoms. The van der Waals surface area contributed by atoms with Crippen molar-refractivity contribution in [1.82, 2.24) is 0 Å². The number of allylic oxidation sites excluding steroid dienone is 1. The third kappa shape index (κ3) is 3.97. The Balaban J connectivity index is 1.56. The largest absolute Gasteiger partial charge is 0.457 e. The van der Waals surface area contributed by atoms with E-state index in [-0.39, 0.29) is 17.3 Å². The maximum Gasteiger partial charge on any atom is 0.379 e. The number of benzene rings is 2. The second-order valence-electron chi connectivity index (χ2n) is 7.14. The summed E-state index contributed by atoms with van der Waals surface area (Å²) >= 11 is 0. The molecule has 3 aromatic rings. The van der Waals surface area contributed by atoms with Crippen LogP contribution in [0.5, 0.6) is 11.5 Å². The van der Waals surface area contributed by atoms with Gasteiger partial charge in [0.15, 0.2) is 5.76 Å². The molecule has 0 fully saturated rings. The van der Waals surface area contributed by atoms with E-state index < -0.39 is 5.97 Å². The highest BCUT2D eigenvalue weighted by atomic mass is 16.5. The number of nitrogens with zero attached hydrogens (tertiary/aromatic N) is 1. The molecule has 0 atom stereocenters. The Morgan fingerprint density at radius 1 is 1.06 bits per heavy atom. The molecule has 0 amide bonds. The second kappa shape index (κ2) is 8.52. The number of Topliss-reactive ketones (excluding diaryl/α,β-unsaturated/α-hetero) is 1. The summed E-state index contributed by atoms with van der Waals surface area (Å²) in [4.78, 5) is 27.2. The van der Waals surface area contributed by atoms with E-state index in [9.17, 15) is 9.59 Å². The van der Waals surface area contributed by atoms with Crippen LogP contribution in [0, 0.1) is 6.92 Å². The highest BCUT2D eigenvalue weighted by Gasteiger charge is 2.30. The molecule has 0 saturated carbocycles. The minimum Gasteiger partial charge on any atom is -0.457 e. The Bertz CT molecular complexity index is 1140. The van der Waals surface area contributed by atoms with Gasteiger partial charge in [0.2, 0.25) is 11.5 Å². The molecular weight excluding hydrogens is 394 g/mol. The predicted molar refractivity (Wildman–Crippen MR) is 118 cm³/mol. The highest BCUT2D eigenvalue weighted by Crippen LogP contribution is 2.39. The second-order valence-corrected chi connectivity index (χ2v) is 7.14. The standard InChI is InChI=1S/C25H23NO5/c1-4-26(5-2)18-10-8-17(9-11-18)15-22-23(27)19-12-13-20(16(3)24(19)30-22)31-25(28)21-7-6-14-29-21/h6-15H,4-5H2,1-3H3/b22-15-. The number of ketones is 1. The summed E-state index contributed by atoms with van der Waals surface area (Å²) in [6.07, 6.45) is 3.13. The number of furan rings is 1. The molecule has 6 nitrogen and oxygen atoms in total. The first-order valence-corrected chi connectivity index (χ1v) is 10.2. The van der Waals surface area contributed by atoms with Crippen LogP contribution in [0.15, 0.2) is 65.0 Å². The minimum atomic E-state index is -0.610. The molecule has 158 valence electrons. The first-order chi connectivity index (χ1) is 15.0. The van der Waals surface area contributed by atoms with Crippen LogP contribution in [0.2, 0.25) is 0 Å². The zero-order chi connectivity index (χ0) is 22.0. The summed E-state index contributed by atoms with van der Waals surface area (Å²) in [5, 5.41) is 0. The van der Waals surface area contributed by atoms with E-state index in [1.54, 1.807) is 31.2 Å². The summed E-state index contributed by atoms with van der Waals surface area (Å²) in [7, 11) is 0. The number of hydrogen-bond acceptors (Lipinski definition) is 6. The van der Waals surface area contributed by atoms with Crippen molar-refractivity contribution in [3.05, 3.63) is 83.0 Å². The van der Waals surface area contributed by atoms with Crippen LogP contribution in [-0.4, -0.2) is 24.8 Å². The summed E-state index contributed by atoms with van der Waals surface area (Å²) < 4.78 is 16.4. The summed E-state index contributed by atoms with van der Waals surface area (Å²) in [5.74, 6) is 0.253. The number of esters is 1. The normalized spacial score (nSPS) is 13.8. The summed E-state index contributed by atoms with van der Waals surface area (Å²) in [6.45, 7) is 7.84. The van der Waals surface area contributed by atoms with Crippen LogP contribution in [0.3, 0.4) is 0 Å². The average molecular weight is 417 g/mol. The third-order valence-electron chi connectivity index (χ3n) is 5.28. The number of anilines is 1. The fourth-order valence-electron chi connectivity index (χ4n) is 3.54. The topological polar surface area (TPSA) is 69.0 Å². The lowest BCUT2D eigenvalue weighted by atomic mass is 10.1. The minimum absolute atomic E-state index is 0.102. The van der Waals surface area contributed by atoms with Gasteiger partial charge in [-0.1, -0.05) is 12.1 Å². The molecule has 1 aliphatic heterocycles. The van der Waals surface area contributed by atoms with Crippen LogP contribution in [0.1, 0.15) is 45.9 Å². The smallest absolute Gasteiger partial charge is 0.379 e. The SMILES string of the molecule is CCN(CC)c1ccc(/C=C2\Oc3c(ccc(OC(=O)c4ccco4)c3C)C2=O)cc1. The van der Waals surface area contributed by atoms with E-state index in [2.05, 4.69) is 18.7 Å². The van der Waals surface area contributed by atoms with Gasteiger partial charge in [0.25, 0.3) is 0 Å². The van der Waals surface area contributed by atoms with E-state index in [1.165, 1.54) is 12.3 Å². The van der Waals surface area contributed by atoms with Gasteiger partial charge in [-0.05, 0) is 68.8 Å². The lowest BCUT2D eigenvalue weighted by molar-refractivity contribution is 0.0700. The van der Waals surface area contributed by atoms with Crippen molar-refractivity contribution in [2.24, 2.45) is 0 Å². The zero-order valence-corrected chi connectivity index (χ0v) is 17.7. The fourth-order valence-corrected chi connectivity index (χ4v) is 3.54. The van der Waals surface area contributed by atoms with Gasteiger partial charge in [0.1, 0.15) is 11.5 Å². The first-order valence-electron chi connectivity index (χ1n) is 10.2. The quantitative estimate of drug-likeness (QED) is 0.309. The van der Waals surface area contributed by atoms with Gasteiger partial charge in [-0.15, -0.1) is 0 Å². The van der Waals surface area contributed by atoms with Gasteiger partial charge in [-0.25, -0.2) is 4.79 Å². The Hall–Kier alpha value is -3.80. The van der Waals surface area contributed by atoms with E-state index >= 15 is 0 Å². The van der Waals surface area contributed by atoms with Gasteiger partial charge in [0, 0.05) is 24.3 Å². The van der Waals surface area contributed by atoms with Crippen LogP contribution >= 0.6 is 0 Å². The van der Waals surface area contributed by atoms with E-state index in [0.29, 0.717) is 22.6 Å². The third-order valence-corrected chi connectivity index (χ3v) is 5.28. The molecule has 0 radical (unpaired) electrons. The van der Waals surface area contributed by atoms with Gasteiger partial charge < -0.3 is 18.8 Å². The maximum absolute atomic E-state index is 12.8. The van der Waals surface area contributed by atoms with E-state index in [4.69, 9.17) is 13.9 Å². The molecule has 0 spiro atoms. The molecule has 6 heteroatoms. The fraction of sp³-hybridized carbons (Fsp3) is 0.200. The number of hydrogen-bond donors (Lipinski definition) is 0. The molecular formula is C25H23NO5. The lowest BCUT2D eigenvalue weighted by Crippen LogP contribution is -2.21. The summed E-state index contributed by atoms with van der Waals surface area (Å²) in [5.41, 5.74) is 3.02. The van der Waals surface area contributed by atoms with Crippen LogP contribution in [0.4, 0.5) is 5.69 Å². The van der Waals surface area contributed by atoms with Gasteiger partial charge in [-0.3, -0.25) is 4.79 Å². The van der Waals surface area contributed by atoms with Crippen LogP contribution in [-0.2, 0) is 0 Å². The number of fused-ring (bicyclic) bond motifs is 1. The molecule has 1 aromatic heterocycles. The molecule has 0 N–H and O–H groups in total. The molecule has 0 saturated heterocycles. The van der Waals surface area contributed by atoms with Crippen molar-refractivity contribution in [2.45, 2.75) is 20.8 Å². The number of ether oxygens (including phenoxy) is 2. The van der Waals surface area contributed by atoms with Gasteiger partial charge in [-0.2, -0.15) is 0 Å². The highest BCUT2D eigenvalue weighted by molar-refractivity contribution is 6.15. The zero-order valence-electron chi connectivity index (χ0n) is 17.7. The monoisotopic (exact) mass is 417 g/mol. The first kappa shape index (κ1) is 20.5. The number of carbonyl (C=O) groups is 2. The Kier molecular flexibility index (Phi) is 5.62. The maximum atomic E-state index is 12.8. The Labute approximate surface area is 180 Å². The van der Waals surface area contributed by atoms with Crippen molar-refractivity contribution >= 4 is 23.5 Å². The van der Waals surface area contributed by atoms with Crippen molar-refractivity contribution < 1.29 is 23.5 Å². The molecule has 2 aromatic carbocycles. The Morgan fingerprint density at radius 3 is 2.45 bits per heavy atom. The molecule has 1 aliphatic rings. The van der Waals surface area contributed by atoms with Crippen molar-refractivity contribution in [3.8, 4) is 11.5 Å². The number of rotatable bonds is 6. The Morgan fingerprint density at radius 2 is 1.81 bits per heavy atom. The number of carbonyl (C=O) groups excluding carboxylic acids is 2. The summed E-state index contributed by atoms with van der Waals surface area (Å²) in [6, 6.07) is 14.3. The molecule has 4 rings (SSSR count). The van der Waals surface area contributed by atoms with E-state index in [1.807, 2.05) is 24.3 Å². The van der Waals surface area contributed by atoms with Gasteiger partial charge in [0.05, 0.1) is 11.8 Å². The van der Waals surface area contributed by atoms with Gasteiger partial charge >= 0.3 is 5.97 Å². The lowest BCUT2D eigenvalue weighted by Gasteiger charge is -2.20. The van der Waals surface area contributed by atoms with Crippen LogP contribution < -0.4 is 14.4 Å². The molecule has 0 aliphatic carbocycles. The average Bonchev–Trinajstić information content (AvgIpc) is 3.42. The molecule has 2 heterocycles. The molecule has 0 unspecified atom stereocenters. The van der Waals surface area contributed by atoms with E-state index in [0.717, 1.165) is 24.3 Å². The van der Waals surface area contributed by atoms with Crippen molar-refractivity contribution in [1.29, 1.82) is 0 Å². The van der Waals surface area contributed by atoms with Crippen molar-refractivity contribution in [2.75, 3.05) is 18.0 Å². The van der Waals surface area contributed by atoms with Crippen molar-refractivity contribution in [3.63, 3.8) is 0 Å². The predicted octanol–water partition coefficient (Wildman–Crippen LogP) is 5.27. The molecule has 31 heavy (non-hydrogen) atoms. The van der Waals surface area contributed by atoms with Crippen LogP contribution in [0.25, 0.3) is 6.08 Å².